The van der Waals surface area contributed by atoms with E-state index in [0.717, 1.165) is 4.70 Å². The fraction of sp³-hybridized carbons (Fsp3) is 0.0667. The van der Waals surface area contributed by atoms with E-state index in [1.807, 2.05) is 18.2 Å². The summed E-state index contributed by atoms with van der Waals surface area (Å²) in [5.74, 6) is -0.222. The number of thiazole rings is 1. The van der Waals surface area contributed by atoms with Crippen LogP contribution in [0.15, 0.2) is 53.4 Å². The normalized spacial score (nSPS) is 11.3. The summed E-state index contributed by atoms with van der Waals surface area (Å²) in [5, 5.41) is 2.77. The third-order valence-electron chi connectivity index (χ3n) is 2.95. The molecule has 0 spiro atoms. The highest BCUT2D eigenvalue weighted by Gasteiger charge is 2.11. The highest BCUT2D eigenvalue weighted by Crippen LogP contribution is 2.35. The molecule has 0 atom stereocenters. The Kier molecular flexibility index (Phi) is 4.01. The van der Waals surface area contributed by atoms with E-state index in [1.54, 1.807) is 6.07 Å². The molecule has 0 aliphatic heterocycles. The molecule has 0 radical (unpaired) electrons. The van der Waals surface area contributed by atoms with Crippen molar-refractivity contribution >= 4 is 48.3 Å². The van der Waals surface area contributed by atoms with Gasteiger partial charge in [-0.2, -0.15) is 0 Å². The van der Waals surface area contributed by atoms with Gasteiger partial charge in [-0.25, -0.2) is 8.42 Å². The minimum Gasteiger partial charge on any atom is -0.426 e. The monoisotopic (exact) mass is 346 g/mol. The number of para-hydroxylation sites is 1. The van der Waals surface area contributed by atoms with Crippen molar-refractivity contribution < 1.29 is 13.2 Å². The summed E-state index contributed by atoms with van der Waals surface area (Å²) in [6, 6.07) is 13.2. The molecule has 23 heavy (non-hydrogen) atoms. The SMILES string of the molecule is CC(=O)Nc1ccc(S(=O)(=O)[N-]c2nc3ccccc3s2)cc1. The van der Waals surface area contributed by atoms with Crippen LogP contribution in [0.3, 0.4) is 0 Å². The van der Waals surface area contributed by atoms with Crippen molar-refractivity contribution in [3.63, 3.8) is 0 Å². The molecule has 1 aromatic heterocycles. The smallest absolute Gasteiger partial charge is 0.221 e. The molecule has 1 N–H and O–H groups in total. The molecule has 2 aromatic carbocycles. The Bertz CT molecular complexity index is 930. The Hall–Kier alpha value is -2.45. The molecule has 0 aliphatic carbocycles. The second kappa shape index (κ2) is 5.98. The second-order valence-corrected chi connectivity index (χ2v) is 7.35. The largest absolute Gasteiger partial charge is 0.426 e. The number of nitrogens with zero attached hydrogens (tertiary/aromatic N) is 2. The standard InChI is InChI=1S/C15H13N3O3S2/c1-10(19)16-11-6-8-12(9-7-11)23(20,21)18-15-17-13-4-2-3-5-14(13)22-15/h2-9H,1H3,(H2,16,17,18,19)/p-1. The van der Waals surface area contributed by atoms with Gasteiger partial charge in [0.2, 0.25) is 15.9 Å². The van der Waals surface area contributed by atoms with Crippen molar-refractivity contribution in [2.24, 2.45) is 0 Å². The number of nitrogens with one attached hydrogen (secondary N) is 1. The lowest BCUT2D eigenvalue weighted by Gasteiger charge is -2.12. The lowest BCUT2D eigenvalue weighted by molar-refractivity contribution is -0.114. The predicted molar refractivity (Wildman–Crippen MR) is 90.6 cm³/mol. The average molecular weight is 346 g/mol. The Labute approximate surface area is 137 Å². The van der Waals surface area contributed by atoms with Gasteiger partial charge in [0.15, 0.2) is 0 Å². The van der Waals surface area contributed by atoms with E-state index in [2.05, 4.69) is 15.0 Å². The van der Waals surface area contributed by atoms with Gasteiger partial charge in [-0.05, 0) is 35.8 Å². The zero-order valence-corrected chi connectivity index (χ0v) is 13.7. The summed E-state index contributed by atoms with van der Waals surface area (Å²) in [6.45, 7) is 1.38. The number of fused-ring (bicyclic) bond motifs is 1. The average Bonchev–Trinajstić information content (AvgIpc) is 2.88. The van der Waals surface area contributed by atoms with Crippen molar-refractivity contribution in [3.8, 4) is 0 Å². The first kappa shape index (κ1) is 15.4. The highest BCUT2D eigenvalue weighted by molar-refractivity contribution is 7.94. The first-order valence-corrected chi connectivity index (χ1v) is 8.91. The van der Waals surface area contributed by atoms with Gasteiger partial charge in [0.05, 0.1) is 4.90 Å². The maximum absolute atomic E-state index is 12.3. The minimum atomic E-state index is -3.85. The number of aromatic nitrogens is 1. The molecule has 0 aliphatic rings. The van der Waals surface area contributed by atoms with Gasteiger partial charge in [0, 0.05) is 22.4 Å². The number of amides is 1. The van der Waals surface area contributed by atoms with Crippen LogP contribution in [-0.2, 0) is 14.8 Å². The van der Waals surface area contributed by atoms with E-state index >= 15 is 0 Å². The summed E-state index contributed by atoms with van der Waals surface area (Å²) in [4.78, 5) is 15.2. The van der Waals surface area contributed by atoms with E-state index in [4.69, 9.17) is 0 Å². The van der Waals surface area contributed by atoms with Crippen LogP contribution in [0.1, 0.15) is 6.92 Å². The molecule has 1 heterocycles. The van der Waals surface area contributed by atoms with Crippen molar-refractivity contribution in [1.82, 2.24) is 4.98 Å². The summed E-state index contributed by atoms with van der Waals surface area (Å²) in [7, 11) is -3.85. The number of anilines is 1. The second-order valence-electron chi connectivity index (χ2n) is 4.74. The zero-order chi connectivity index (χ0) is 16.4. The van der Waals surface area contributed by atoms with Crippen LogP contribution in [0.4, 0.5) is 10.8 Å². The summed E-state index contributed by atoms with van der Waals surface area (Å²) in [6.07, 6.45) is 0. The molecule has 118 valence electrons. The molecule has 0 unspecified atom stereocenters. The van der Waals surface area contributed by atoms with E-state index < -0.39 is 10.0 Å². The van der Waals surface area contributed by atoms with Crippen LogP contribution in [0.2, 0.25) is 0 Å². The van der Waals surface area contributed by atoms with Gasteiger partial charge in [0.25, 0.3) is 0 Å². The Morgan fingerprint density at radius 1 is 1.13 bits per heavy atom. The molecule has 0 fully saturated rings. The van der Waals surface area contributed by atoms with Gasteiger partial charge in [-0.3, -0.25) is 4.79 Å². The van der Waals surface area contributed by atoms with Crippen molar-refractivity contribution in [2.75, 3.05) is 5.32 Å². The lowest BCUT2D eigenvalue weighted by atomic mass is 10.3. The van der Waals surface area contributed by atoms with Crippen molar-refractivity contribution in [1.29, 1.82) is 0 Å². The van der Waals surface area contributed by atoms with E-state index in [9.17, 15) is 13.2 Å². The number of carbonyl (C=O) groups is 1. The summed E-state index contributed by atoms with van der Waals surface area (Å²) >= 11 is 1.22. The molecule has 3 rings (SSSR count). The number of hydrogen-bond acceptors (Lipinski definition) is 5. The van der Waals surface area contributed by atoms with Crippen molar-refractivity contribution in [2.45, 2.75) is 11.8 Å². The quantitative estimate of drug-likeness (QED) is 0.781. The molecule has 6 nitrogen and oxygen atoms in total. The summed E-state index contributed by atoms with van der Waals surface area (Å²) < 4.78 is 29.3. The molecule has 0 bridgehead atoms. The number of carbonyl (C=O) groups excluding carboxylic acids is 1. The number of rotatable bonds is 4. The Balaban J connectivity index is 1.84. The molecule has 0 saturated heterocycles. The molecular formula is C15H12N3O3S2-. The van der Waals surface area contributed by atoms with E-state index in [1.165, 1.54) is 42.5 Å². The number of benzene rings is 2. The van der Waals surface area contributed by atoms with E-state index in [-0.39, 0.29) is 15.9 Å². The van der Waals surface area contributed by atoms with Gasteiger partial charge < -0.3 is 15.0 Å². The molecule has 0 saturated carbocycles. The van der Waals surface area contributed by atoms with Crippen LogP contribution < -0.4 is 5.32 Å². The first-order valence-electron chi connectivity index (χ1n) is 6.65. The Morgan fingerprint density at radius 2 is 1.83 bits per heavy atom. The van der Waals surface area contributed by atoms with Crippen LogP contribution in [0.5, 0.6) is 0 Å². The molecule has 8 heteroatoms. The maximum Gasteiger partial charge on any atom is 0.221 e. The van der Waals surface area contributed by atoms with Crippen LogP contribution >= 0.6 is 11.3 Å². The lowest BCUT2D eigenvalue weighted by Crippen LogP contribution is -2.06. The minimum absolute atomic E-state index is 0.0471. The van der Waals surface area contributed by atoms with Crippen LogP contribution in [-0.4, -0.2) is 19.3 Å². The van der Waals surface area contributed by atoms with Gasteiger partial charge >= 0.3 is 0 Å². The predicted octanol–water partition coefficient (Wildman–Crippen LogP) is 3.65. The maximum atomic E-state index is 12.3. The molecular weight excluding hydrogens is 334 g/mol. The third-order valence-corrected chi connectivity index (χ3v) is 5.28. The summed E-state index contributed by atoms with van der Waals surface area (Å²) in [5.41, 5.74) is 1.24. The fourth-order valence-corrected chi connectivity index (χ4v) is 3.95. The van der Waals surface area contributed by atoms with Gasteiger partial charge in [0.1, 0.15) is 0 Å². The number of sulfonamides is 1. The van der Waals surface area contributed by atoms with Gasteiger partial charge in [-0.15, -0.1) is 11.3 Å². The first-order chi connectivity index (χ1) is 10.9. The third kappa shape index (κ3) is 3.49. The Morgan fingerprint density at radius 3 is 2.48 bits per heavy atom. The fourth-order valence-electron chi connectivity index (χ4n) is 1.97. The van der Waals surface area contributed by atoms with Crippen molar-refractivity contribution in [3.05, 3.63) is 53.3 Å². The number of hydrogen-bond donors (Lipinski definition) is 1. The van der Waals surface area contributed by atoms with Gasteiger partial charge in [-0.1, -0.05) is 18.2 Å². The topological polar surface area (TPSA) is 90.2 Å². The van der Waals surface area contributed by atoms with E-state index in [0.29, 0.717) is 11.2 Å². The highest BCUT2D eigenvalue weighted by atomic mass is 32.2. The van der Waals surface area contributed by atoms with Crippen LogP contribution in [0, 0.1) is 0 Å². The zero-order valence-electron chi connectivity index (χ0n) is 12.1. The molecule has 1 amide bonds. The molecule has 3 aromatic rings. The van der Waals surface area contributed by atoms with Crippen LogP contribution in [0.25, 0.3) is 14.9 Å².